The van der Waals surface area contributed by atoms with Gasteiger partial charge in [-0.3, -0.25) is 9.59 Å². The molecule has 1 aliphatic heterocycles. The standard InChI is InChI=1S/C21H23N3O2S2/c1-14-6-5-9-24(10-14)18(25)13-27-12-17-22-20(26)19-16(11-28-21(19)23-17)15-7-3-2-4-8-15/h2-4,7-8,11,14H,5-6,9-10,12-13H2,1H3,(H,22,23,26)/t14-/m0/s1. The number of nitrogens with zero attached hydrogens (tertiary/aromatic N) is 2. The van der Waals surface area contributed by atoms with Crippen LogP contribution in [-0.4, -0.2) is 39.6 Å². The minimum absolute atomic E-state index is 0.114. The smallest absolute Gasteiger partial charge is 0.260 e. The van der Waals surface area contributed by atoms with Crippen molar-refractivity contribution in [2.45, 2.75) is 25.5 Å². The number of nitrogens with one attached hydrogen (secondary N) is 1. The summed E-state index contributed by atoms with van der Waals surface area (Å²) in [4.78, 5) is 35.3. The quantitative estimate of drug-likeness (QED) is 0.683. The van der Waals surface area contributed by atoms with Gasteiger partial charge in [-0.05, 0) is 24.3 Å². The topological polar surface area (TPSA) is 66.1 Å². The Morgan fingerprint density at radius 2 is 2.18 bits per heavy atom. The van der Waals surface area contributed by atoms with E-state index in [4.69, 9.17) is 0 Å². The van der Waals surface area contributed by atoms with Crippen molar-refractivity contribution >= 4 is 39.2 Å². The number of hydrogen-bond acceptors (Lipinski definition) is 5. The summed E-state index contributed by atoms with van der Waals surface area (Å²) in [6, 6.07) is 9.88. The van der Waals surface area contributed by atoms with Gasteiger partial charge in [-0.25, -0.2) is 4.98 Å². The molecule has 28 heavy (non-hydrogen) atoms. The van der Waals surface area contributed by atoms with E-state index in [2.05, 4.69) is 16.9 Å². The van der Waals surface area contributed by atoms with Crippen molar-refractivity contribution in [1.29, 1.82) is 0 Å². The first-order valence-corrected chi connectivity index (χ1v) is 11.6. The predicted molar refractivity (Wildman–Crippen MR) is 117 cm³/mol. The maximum atomic E-state index is 12.7. The van der Waals surface area contributed by atoms with Crippen molar-refractivity contribution < 1.29 is 4.79 Å². The van der Waals surface area contributed by atoms with E-state index in [9.17, 15) is 9.59 Å². The number of thiophene rings is 1. The summed E-state index contributed by atoms with van der Waals surface area (Å²) in [6.45, 7) is 3.92. The van der Waals surface area contributed by atoms with E-state index >= 15 is 0 Å². The third-order valence-electron chi connectivity index (χ3n) is 5.05. The number of carbonyl (C=O) groups excluding carboxylic acids is 1. The summed E-state index contributed by atoms with van der Waals surface area (Å²) < 4.78 is 0. The molecule has 4 rings (SSSR count). The van der Waals surface area contributed by atoms with Gasteiger partial charge < -0.3 is 9.88 Å². The fraction of sp³-hybridized carbons (Fsp3) is 0.381. The first kappa shape index (κ1) is 19.2. The first-order chi connectivity index (χ1) is 13.6. The van der Waals surface area contributed by atoms with Crippen molar-refractivity contribution in [1.82, 2.24) is 14.9 Å². The Labute approximate surface area is 172 Å². The van der Waals surface area contributed by atoms with Crippen LogP contribution in [0.25, 0.3) is 21.3 Å². The van der Waals surface area contributed by atoms with Crippen LogP contribution in [0.4, 0.5) is 0 Å². The highest BCUT2D eigenvalue weighted by Gasteiger charge is 2.20. The van der Waals surface area contributed by atoms with E-state index in [1.807, 2.05) is 40.6 Å². The summed E-state index contributed by atoms with van der Waals surface area (Å²) in [6.07, 6.45) is 2.29. The molecule has 0 saturated carbocycles. The van der Waals surface area contributed by atoms with Gasteiger partial charge in [0.25, 0.3) is 5.56 Å². The number of likely N-dealkylation sites (tertiary alicyclic amines) is 1. The van der Waals surface area contributed by atoms with E-state index in [1.54, 1.807) is 0 Å². The van der Waals surface area contributed by atoms with E-state index < -0.39 is 0 Å². The fourth-order valence-electron chi connectivity index (χ4n) is 3.63. The number of H-pyrrole nitrogens is 1. The minimum Gasteiger partial charge on any atom is -0.342 e. The molecule has 1 amide bonds. The Kier molecular flexibility index (Phi) is 5.82. The van der Waals surface area contributed by atoms with Gasteiger partial charge in [-0.1, -0.05) is 37.3 Å². The highest BCUT2D eigenvalue weighted by molar-refractivity contribution is 7.99. The zero-order valence-electron chi connectivity index (χ0n) is 15.8. The molecule has 0 radical (unpaired) electrons. The molecule has 1 atom stereocenters. The molecular weight excluding hydrogens is 390 g/mol. The third-order valence-corrected chi connectivity index (χ3v) is 6.85. The number of hydrogen-bond donors (Lipinski definition) is 1. The number of amides is 1. The van der Waals surface area contributed by atoms with Crippen LogP contribution in [0, 0.1) is 5.92 Å². The van der Waals surface area contributed by atoms with Crippen molar-refractivity contribution in [2.75, 3.05) is 18.8 Å². The van der Waals surface area contributed by atoms with Gasteiger partial charge in [0.2, 0.25) is 5.91 Å². The lowest BCUT2D eigenvalue weighted by molar-refractivity contribution is -0.130. The summed E-state index contributed by atoms with van der Waals surface area (Å²) in [5.41, 5.74) is 1.82. The molecule has 1 fully saturated rings. The molecule has 1 saturated heterocycles. The molecule has 1 aromatic carbocycles. The summed E-state index contributed by atoms with van der Waals surface area (Å²) >= 11 is 2.99. The highest BCUT2D eigenvalue weighted by atomic mass is 32.2. The minimum atomic E-state index is -0.114. The lowest BCUT2D eigenvalue weighted by Gasteiger charge is -2.30. The molecule has 0 spiro atoms. The Morgan fingerprint density at radius 1 is 1.36 bits per heavy atom. The SMILES string of the molecule is C[C@H]1CCCN(C(=O)CSCc2nc3scc(-c4ccccc4)c3c(=O)[nH]2)C1. The lowest BCUT2D eigenvalue weighted by atomic mass is 10.0. The van der Waals surface area contributed by atoms with Crippen LogP contribution in [0.3, 0.4) is 0 Å². The molecule has 146 valence electrons. The van der Waals surface area contributed by atoms with Crippen LogP contribution >= 0.6 is 23.1 Å². The average Bonchev–Trinajstić information content (AvgIpc) is 3.13. The summed E-state index contributed by atoms with van der Waals surface area (Å²) in [5, 5.41) is 2.63. The molecule has 2 aromatic heterocycles. The Hall–Kier alpha value is -2.12. The van der Waals surface area contributed by atoms with Gasteiger partial charge in [0.15, 0.2) is 0 Å². The van der Waals surface area contributed by atoms with E-state index in [-0.39, 0.29) is 11.5 Å². The number of piperidine rings is 1. The molecule has 0 bridgehead atoms. The number of thioether (sulfide) groups is 1. The molecular formula is C21H23N3O2S2. The normalized spacial score (nSPS) is 17.2. The van der Waals surface area contributed by atoms with E-state index in [0.717, 1.165) is 35.5 Å². The number of aromatic amines is 1. The zero-order chi connectivity index (χ0) is 19.5. The molecule has 1 aliphatic rings. The van der Waals surface area contributed by atoms with E-state index in [1.165, 1.54) is 29.5 Å². The van der Waals surface area contributed by atoms with Crippen LogP contribution < -0.4 is 5.56 Å². The van der Waals surface area contributed by atoms with Gasteiger partial charge in [-0.2, -0.15) is 0 Å². The van der Waals surface area contributed by atoms with Crippen molar-refractivity contribution in [3.05, 3.63) is 51.9 Å². The average molecular weight is 414 g/mol. The first-order valence-electron chi connectivity index (χ1n) is 9.53. The Bertz CT molecular complexity index is 1030. The van der Waals surface area contributed by atoms with Gasteiger partial charge in [-0.15, -0.1) is 23.1 Å². The Morgan fingerprint density at radius 3 is 2.96 bits per heavy atom. The van der Waals surface area contributed by atoms with Crippen LogP contribution in [-0.2, 0) is 10.5 Å². The van der Waals surface area contributed by atoms with Crippen molar-refractivity contribution in [3.8, 4) is 11.1 Å². The largest absolute Gasteiger partial charge is 0.342 e. The van der Waals surface area contributed by atoms with Crippen LogP contribution in [0.5, 0.6) is 0 Å². The molecule has 0 aliphatic carbocycles. The lowest BCUT2D eigenvalue weighted by Crippen LogP contribution is -2.40. The van der Waals surface area contributed by atoms with E-state index in [0.29, 0.717) is 28.6 Å². The number of rotatable bonds is 5. The number of fused-ring (bicyclic) bond motifs is 1. The highest BCUT2D eigenvalue weighted by Crippen LogP contribution is 2.30. The van der Waals surface area contributed by atoms with Crippen molar-refractivity contribution in [3.63, 3.8) is 0 Å². The monoisotopic (exact) mass is 413 g/mol. The number of benzene rings is 1. The maximum absolute atomic E-state index is 12.7. The summed E-state index contributed by atoms with van der Waals surface area (Å²) in [5.74, 6) is 2.35. The molecule has 7 heteroatoms. The Balaban J connectivity index is 1.44. The molecule has 3 heterocycles. The molecule has 3 aromatic rings. The second-order valence-corrected chi connectivity index (χ2v) is 9.13. The van der Waals surface area contributed by atoms with Gasteiger partial charge >= 0.3 is 0 Å². The maximum Gasteiger partial charge on any atom is 0.260 e. The van der Waals surface area contributed by atoms with Crippen LogP contribution in [0.15, 0.2) is 40.5 Å². The molecule has 0 unspecified atom stereocenters. The zero-order valence-corrected chi connectivity index (χ0v) is 17.4. The molecule has 1 N–H and O–H groups in total. The number of aromatic nitrogens is 2. The van der Waals surface area contributed by atoms with Crippen LogP contribution in [0.1, 0.15) is 25.6 Å². The van der Waals surface area contributed by atoms with Crippen LogP contribution in [0.2, 0.25) is 0 Å². The predicted octanol–water partition coefficient (Wildman–Crippen LogP) is 4.14. The fourth-order valence-corrected chi connectivity index (χ4v) is 5.39. The van der Waals surface area contributed by atoms with Gasteiger partial charge in [0.05, 0.1) is 16.9 Å². The van der Waals surface area contributed by atoms with Crippen molar-refractivity contribution in [2.24, 2.45) is 5.92 Å². The second-order valence-electron chi connectivity index (χ2n) is 7.29. The molecule has 5 nitrogen and oxygen atoms in total. The summed E-state index contributed by atoms with van der Waals surface area (Å²) in [7, 11) is 0. The second kappa shape index (κ2) is 8.49. The van der Waals surface area contributed by atoms with Gasteiger partial charge in [0.1, 0.15) is 10.7 Å². The number of carbonyl (C=O) groups is 1. The van der Waals surface area contributed by atoms with Gasteiger partial charge in [0, 0.05) is 24.0 Å². The third kappa shape index (κ3) is 4.15.